The van der Waals surface area contributed by atoms with E-state index in [0.29, 0.717) is 35.9 Å². The number of carbonyl (C=O) groups excluding carboxylic acids is 1. The van der Waals surface area contributed by atoms with Gasteiger partial charge in [-0.15, -0.1) is 0 Å². The van der Waals surface area contributed by atoms with Crippen LogP contribution >= 0.6 is 0 Å². The highest BCUT2D eigenvalue weighted by atomic mass is 16.5. The summed E-state index contributed by atoms with van der Waals surface area (Å²) in [7, 11) is 1.65. The summed E-state index contributed by atoms with van der Waals surface area (Å²) >= 11 is 0. The van der Waals surface area contributed by atoms with Crippen LogP contribution in [0.1, 0.15) is 23.3 Å². The Morgan fingerprint density at radius 1 is 1.38 bits per heavy atom. The summed E-state index contributed by atoms with van der Waals surface area (Å²) < 4.78 is 12.3. The maximum Gasteiger partial charge on any atom is 0.272 e. The number of fused-ring (bicyclic) bond motifs is 1. The van der Waals surface area contributed by atoms with Gasteiger partial charge in [-0.1, -0.05) is 0 Å². The number of carbonyl (C=O) groups is 1. The van der Waals surface area contributed by atoms with Crippen molar-refractivity contribution in [3.8, 4) is 5.95 Å². The molecule has 0 spiro atoms. The molecule has 0 atom stereocenters. The highest BCUT2D eigenvalue weighted by Gasteiger charge is 2.32. The minimum Gasteiger partial charge on any atom is -0.382 e. The second-order valence-electron chi connectivity index (χ2n) is 6.21. The lowest BCUT2D eigenvalue weighted by Gasteiger charge is -2.35. The van der Waals surface area contributed by atoms with Crippen molar-refractivity contribution >= 4 is 16.9 Å². The Bertz CT molecular complexity index is 885. The number of rotatable bonds is 7. The van der Waals surface area contributed by atoms with E-state index in [0.717, 1.165) is 12.8 Å². The van der Waals surface area contributed by atoms with E-state index in [1.807, 2.05) is 6.07 Å². The van der Waals surface area contributed by atoms with Crippen LogP contribution < -0.4 is 5.32 Å². The number of nitrogens with one attached hydrogen (secondary N) is 2. The average molecular weight is 356 g/mol. The maximum absolute atomic E-state index is 12.7. The van der Waals surface area contributed by atoms with Crippen LogP contribution in [-0.2, 0) is 9.47 Å². The fourth-order valence-electron chi connectivity index (χ4n) is 2.96. The number of hydrogen-bond donors (Lipinski definition) is 2. The molecule has 0 saturated heterocycles. The fourth-order valence-corrected chi connectivity index (χ4v) is 2.96. The Hall–Kier alpha value is -2.78. The monoisotopic (exact) mass is 356 g/mol. The average Bonchev–Trinajstić information content (AvgIpc) is 3.29. The molecule has 3 aromatic heterocycles. The molecular weight excluding hydrogens is 336 g/mol. The molecule has 1 amide bonds. The lowest BCUT2D eigenvalue weighted by molar-refractivity contribution is -0.0343. The number of ether oxygens (including phenoxy) is 2. The van der Waals surface area contributed by atoms with Gasteiger partial charge in [0.25, 0.3) is 5.91 Å². The van der Waals surface area contributed by atoms with Crippen molar-refractivity contribution in [3.63, 3.8) is 0 Å². The molecule has 0 unspecified atom stereocenters. The molecule has 9 nitrogen and oxygen atoms in total. The standard InChI is InChI=1S/C17H20N6O3/c1-25-6-7-26-12-8-11(9-12)20-16(24)15-14-13(2-3-19-14)21-17(22-15)23-5-4-18-10-23/h2-5,10-12,19H,6-9H2,1H3,(H,20,24). The van der Waals surface area contributed by atoms with E-state index in [2.05, 4.69) is 25.3 Å². The highest BCUT2D eigenvalue weighted by Crippen LogP contribution is 2.24. The predicted octanol–water partition coefficient (Wildman–Crippen LogP) is 1.07. The zero-order chi connectivity index (χ0) is 17.9. The van der Waals surface area contributed by atoms with Crippen molar-refractivity contribution in [2.24, 2.45) is 0 Å². The third kappa shape index (κ3) is 3.31. The summed E-state index contributed by atoms with van der Waals surface area (Å²) in [5.41, 5.74) is 1.63. The summed E-state index contributed by atoms with van der Waals surface area (Å²) in [5.74, 6) is 0.190. The Morgan fingerprint density at radius 2 is 2.27 bits per heavy atom. The zero-order valence-electron chi connectivity index (χ0n) is 14.4. The summed E-state index contributed by atoms with van der Waals surface area (Å²) in [6.07, 6.45) is 8.49. The Labute approximate surface area is 149 Å². The predicted molar refractivity (Wildman–Crippen MR) is 93.1 cm³/mol. The largest absolute Gasteiger partial charge is 0.382 e. The van der Waals surface area contributed by atoms with Crippen molar-refractivity contribution in [1.82, 2.24) is 29.8 Å². The van der Waals surface area contributed by atoms with Gasteiger partial charge in [0.2, 0.25) is 5.95 Å². The van der Waals surface area contributed by atoms with Crippen LogP contribution in [0, 0.1) is 0 Å². The summed E-state index contributed by atoms with van der Waals surface area (Å²) in [6.45, 7) is 1.15. The summed E-state index contributed by atoms with van der Waals surface area (Å²) in [4.78, 5) is 28.7. The molecule has 0 bridgehead atoms. The van der Waals surface area contributed by atoms with Gasteiger partial charge < -0.3 is 19.8 Å². The van der Waals surface area contributed by atoms with E-state index >= 15 is 0 Å². The molecule has 0 aromatic carbocycles. The Kier molecular flexibility index (Phi) is 4.63. The quantitative estimate of drug-likeness (QED) is 0.613. The normalized spacial score (nSPS) is 19.4. The van der Waals surface area contributed by atoms with E-state index in [-0.39, 0.29) is 18.1 Å². The molecule has 9 heteroatoms. The highest BCUT2D eigenvalue weighted by molar-refractivity contribution is 6.03. The van der Waals surface area contributed by atoms with Crippen LogP contribution in [-0.4, -0.2) is 62.9 Å². The maximum atomic E-state index is 12.7. The molecule has 136 valence electrons. The molecule has 1 aliphatic rings. The molecule has 0 aliphatic heterocycles. The van der Waals surface area contributed by atoms with Crippen molar-refractivity contribution in [2.45, 2.75) is 25.0 Å². The first kappa shape index (κ1) is 16.7. The van der Waals surface area contributed by atoms with Gasteiger partial charge in [0, 0.05) is 31.7 Å². The molecule has 3 aromatic rings. The molecule has 1 aliphatic carbocycles. The zero-order valence-corrected chi connectivity index (χ0v) is 14.4. The van der Waals surface area contributed by atoms with Crippen molar-refractivity contribution in [1.29, 1.82) is 0 Å². The number of imidazole rings is 1. The van der Waals surface area contributed by atoms with Crippen LogP contribution in [0.2, 0.25) is 0 Å². The molecule has 1 saturated carbocycles. The molecular formula is C17H20N6O3. The van der Waals surface area contributed by atoms with Gasteiger partial charge in [-0.25, -0.2) is 15.0 Å². The smallest absolute Gasteiger partial charge is 0.272 e. The van der Waals surface area contributed by atoms with Crippen LogP contribution in [0.25, 0.3) is 17.0 Å². The lowest BCUT2D eigenvalue weighted by Crippen LogP contribution is -2.48. The van der Waals surface area contributed by atoms with Gasteiger partial charge in [-0.3, -0.25) is 9.36 Å². The first-order valence-corrected chi connectivity index (χ1v) is 8.49. The van der Waals surface area contributed by atoms with Crippen LogP contribution in [0.3, 0.4) is 0 Å². The third-order valence-electron chi connectivity index (χ3n) is 4.42. The minimum absolute atomic E-state index is 0.0896. The Morgan fingerprint density at radius 3 is 3.04 bits per heavy atom. The van der Waals surface area contributed by atoms with Crippen LogP contribution in [0.5, 0.6) is 0 Å². The van der Waals surface area contributed by atoms with Gasteiger partial charge in [0.15, 0.2) is 5.69 Å². The SMILES string of the molecule is COCCOC1CC(NC(=O)c2nc(-n3ccnc3)nc3cc[nH]c23)C1. The topological polar surface area (TPSA) is 107 Å². The number of amides is 1. The second kappa shape index (κ2) is 7.22. The van der Waals surface area contributed by atoms with Crippen molar-refractivity contribution in [3.05, 3.63) is 36.7 Å². The van der Waals surface area contributed by atoms with Gasteiger partial charge in [-0.2, -0.15) is 0 Å². The fraction of sp³-hybridized carbons (Fsp3) is 0.412. The van der Waals surface area contributed by atoms with Crippen LogP contribution in [0.4, 0.5) is 0 Å². The van der Waals surface area contributed by atoms with E-state index in [4.69, 9.17) is 9.47 Å². The number of H-pyrrole nitrogens is 1. The molecule has 26 heavy (non-hydrogen) atoms. The summed E-state index contributed by atoms with van der Waals surface area (Å²) in [5, 5.41) is 3.02. The molecule has 2 N–H and O–H groups in total. The molecule has 1 fully saturated rings. The van der Waals surface area contributed by atoms with E-state index in [1.54, 1.807) is 36.6 Å². The van der Waals surface area contributed by atoms with E-state index in [1.165, 1.54) is 0 Å². The Balaban J connectivity index is 1.46. The van der Waals surface area contributed by atoms with Crippen molar-refractivity contribution < 1.29 is 14.3 Å². The molecule has 0 radical (unpaired) electrons. The van der Waals surface area contributed by atoms with Gasteiger partial charge >= 0.3 is 0 Å². The first-order valence-electron chi connectivity index (χ1n) is 8.49. The second-order valence-corrected chi connectivity index (χ2v) is 6.21. The van der Waals surface area contributed by atoms with E-state index < -0.39 is 0 Å². The number of aromatic amines is 1. The number of nitrogens with zero attached hydrogens (tertiary/aromatic N) is 4. The number of methoxy groups -OCH3 is 1. The number of aromatic nitrogens is 5. The van der Waals surface area contributed by atoms with Gasteiger partial charge in [0.1, 0.15) is 6.33 Å². The number of hydrogen-bond acceptors (Lipinski definition) is 6. The molecule has 4 rings (SSSR count). The minimum atomic E-state index is -0.221. The van der Waals surface area contributed by atoms with Gasteiger partial charge in [0.05, 0.1) is 30.4 Å². The first-order chi connectivity index (χ1) is 12.7. The lowest BCUT2D eigenvalue weighted by atomic mass is 9.89. The third-order valence-corrected chi connectivity index (χ3v) is 4.42. The van der Waals surface area contributed by atoms with Crippen LogP contribution in [0.15, 0.2) is 31.0 Å². The van der Waals surface area contributed by atoms with Gasteiger partial charge in [-0.05, 0) is 18.9 Å². The summed E-state index contributed by atoms with van der Waals surface area (Å²) in [6, 6.07) is 1.91. The van der Waals surface area contributed by atoms with Crippen molar-refractivity contribution in [2.75, 3.05) is 20.3 Å². The molecule has 3 heterocycles. The van der Waals surface area contributed by atoms with E-state index in [9.17, 15) is 4.79 Å².